The third kappa shape index (κ3) is 4.88. The molecule has 0 atom stereocenters. The van der Waals surface area contributed by atoms with Crippen molar-refractivity contribution in [2.45, 2.75) is 26.2 Å². The zero-order valence-electron chi connectivity index (χ0n) is 12.6. The van der Waals surface area contributed by atoms with Crippen LogP contribution in [0.2, 0.25) is 0 Å². The molecule has 0 aliphatic heterocycles. The largest absolute Gasteiger partial charge is 0.505 e. The molecule has 0 bridgehead atoms. The molecule has 0 heterocycles. The Morgan fingerprint density at radius 3 is 2.73 bits per heavy atom. The van der Waals surface area contributed by atoms with E-state index in [9.17, 15) is 9.18 Å². The van der Waals surface area contributed by atoms with Crippen molar-refractivity contribution in [3.63, 3.8) is 0 Å². The molecule has 0 saturated heterocycles. The van der Waals surface area contributed by atoms with Crippen molar-refractivity contribution in [2.75, 3.05) is 6.54 Å². The molecule has 0 fully saturated rings. The lowest BCUT2D eigenvalue weighted by Gasteiger charge is -2.06. The molecule has 116 valence electrons. The molecule has 2 rings (SSSR count). The predicted octanol–water partition coefficient (Wildman–Crippen LogP) is 3.13. The second-order valence-corrected chi connectivity index (χ2v) is 5.41. The first-order chi connectivity index (χ1) is 10.5. The van der Waals surface area contributed by atoms with Crippen molar-refractivity contribution in [1.29, 1.82) is 0 Å². The molecule has 0 radical (unpaired) electrons. The summed E-state index contributed by atoms with van der Waals surface area (Å²) in [6.45, 7) is 2.65. The Labute approximate surface area is 129 Å². The Morgan fingerprint density at radius 2 is 2.00 bits per heavy atom. The Bertz CT molecular complexity index is 655. The lowest BCUT2D eigenvalue weighted by molar-refractivity contribution is -0.120. The van der Waals surface area contributed by atoms with Gasteiger partial charge in [0.05, 0.1) is 6.42 Å². The van der Waals surface area contributed by atoms with Gasteiger partial charge in [-0.25, -0.2) is 4.39 Å². The van der Waals surface area contributed by atoms with E-state index in [0.29, 0.717) is 12.1 Å². The van der Waals surface area contributed by atoms with Crippen LogP contribution < -0.4 is 5.32 Å². The van der Waals surface area contributed by atoms with E-state index in [1.165, 1.54) is 23.3 Å². The number of halogens is 1. The zero-order valence-corrected chi connectivity index (χ0v) is 12.6. The lowest BCUT2D eigenvalue weighted by atomic mass is 10.1. The number of hydrogen-bond acceptors (Lipinski definition) is 2. The van der Waals surface area contributed by atoms with Crippen LogP contribution in [-0.2, 0) is 17.6 Å². The third-order valence-corrected chi connectivity index (χ3v) is 3.42. The number of rotatable bonds is 6. The van der Waals surface area contributed by atoms with Crippen LogP contribution in [-0.4, -0.2) is 17.6 Å². The minimum atomic E-state index is -0.704. The van der Waals surface area contributed by atoms with Crippen molar-refractivity contribution in [3.05, 3.63) is 65.0 Å². The number of hydrogen-bond donors (Lipinski definition) is 2. The first-order valence-corrected chi connectivity index (χ1v) is 7.34. The van der Waals surface area contributed by atoms with E-state index in [1.54, 1.807) is 6.07 Å². The maximum Gasteiger partial charge on any atom is 0.224 e. The van der Waals surface area contributed by atoms with Crippen LogP contribution in [0.3, 0.4) is 0 Å². The minimum absolute atomic E-state index is 0.113. The van der Waals surface area contributed by atoms with Crippen LogP contribution >= 0.6 is 0 Å². The van der Waals surface area contributed by atoms with Gasteiger partial charge >= 0.3 is 0 Å². The summed E-state index contributed by atoms with van der Waals surface area (Å²) >= 11 is 0. The maximum atomic E-state index is 13.2. The van der Waals surface area contributed by atoms with Crippen LogP contribution in [0.5, 0.6) is 5.75 Å². The van der Waals surface area contributed by atoms with Gasteiger partial charge in [0.2, 0.25) is 5.91 Å². The Morgan fingerprint density at radius 1 is 1.18 bits per heavy atom. The SMILES string of the molecule is Cc1cccc(CCCNC(=O)Cc2ccc(O)c(F)c2)c1. The number of phenolic OH excluding ortho intramolecular Hbond substituents is 1. The number of carbonyl (C=O) groups excluding carboxylic acids is 1. The Hall–Kier alpha value is -2.36. The molecule has 0 aliphatic rings. The van der Waals surface area contributed by atoms with Crippen molar-refractivity contribution in [3.8, 4) is 5.75 Å². The number of benzene rings is 2. The highest BCUT2D eigenvalue weighted by atomic mass is 19.1. The minimum Gasteiger partial charge on any atom is -0.505 e. The van der Waals surface area contributed by atoms with Gasteiger partial charge in [-0.1, -0.05) is 35.9 Å². The molecule has 2 N–H and O–H groups in total. The average Bonchev–Trinajstić information content (AvgIpc) is 2.48. The topological polar surface area (TPSA) is 49.3 Å². The summed E-state index contributed by atoms with van der Waals surface area (Å²) in [6, 6.07) is 12.3. The van der Waals surface area contributed by atoms with Gasteiger partial charge in [0.15, 0.2) is 11.6 Å². The number of carbonyl (C=O) groups is 1. The van der Waals surface area contributed by atoms with E-state index in [1.807, 2.05) is 6.07 Å². The van der Waals surface area contributed by atoms with Crippen LogP contribution in [0.15, 0.2) is 42.5 Å². The van der Waals surface area contributed by atoms with Gasteiger partial charge in [-0.05, 0) is 43.0 Å². The van der Waals surface area contributed by atoms with Crippen LogP contribution in [0.25, 0.3) is 0 Å². The molecule has 3 nitrogen and oxygen atoms in total. The van der Waals surface area contributed by atoms with Gasteiger partial charge in [-0.15, -0.1) is 0 Å². The Kier molecular flexibility index (Phi) is 5.53. The fourth-order valence-electron chi connectivity index (χ4n) is 2.30. The molecule has 0 unspecified atom stereocenters. The molecule has 22 heavy (non-hydrogen) atoms. The van der Waals surface area contributed by atoms with Crippen molar-refractivity contribution < 1.29 is 14.3 Å². The van der Waals surface area contributed by atoms with Crippen LogP contribution in [0.4, 0.5) is 4.39 Å². The van der Waals surface area contributed by atoms with Crippen LogP contribution in [0, 0.1) is 12.7 Å². The molecule has 0 spiro atoms. The number of aromatic hydroxyl groups is 1. The fraction of sp³-hybridized carbons (Fsp3) is 0.278. The molecule has 2 aromatic rings. The van der Waals surface area contributed by atoms with Crippen molar-refractivity contribution in [1.82, 2.24) is 5.32 Å². The molecule has 0 aliphatic carbocycles. The number of nitrogens with one attached hydrogen (secondary N) is 1. The normalized spacial score (nSPS) is 10.5. The summed E-state index contributed by atoms with van der Waals surface area (Å²) in [5.41, 5.74) is 3.04. The molecule has 0 aromatic heterocycles. The molecule has 4 heteroatoms. The van der Waals surface area contributed by atoms with E-state index < -0.39 is 11.6 Å². The monoisotopic (exact) mass is 301 g/mol. The maximum absolute atomic E-state index is 13.2. The number of phenols is 1. The second-order valence-electron chi connectivity index (χ2n) is 5.41. The van der Waals surface area contributed by atoms with E-state index in [0.717, 1.165) is 12.8 Å². The quantitative estimate of drug-likeness (QED) is 0.805. The highest BCUT2D eigenvalue weighted by Crippen LogP contribution is 2.16. The standard InChI is InChI=1S/C18H20FNO2/c1-13-4-2-5-14(10-13)6-3-9-20-18(22)12-15-7-8-17(21)16(19)11-15/h2,4-5,7-8,10-11,21H,3,6,9,12H2,1H3,(H,20,22). The van der Waals surface area contributed by atoms with Crippen LogP contribution in [0.1, 0.15) is 23.1 Å². The third-order valence-electron chi connectivity index (χ3n) is 3.42. The van der Waals surface area contributed by atoms with E-state index >= 15 is 0 Å². The first kappa shape index (κ1) is 16.0. The van der Waals surface area contributed by atoms with Gasteiger partial charge < -0.3 is 10.4 Å². The summed E-state index contributed by atoms with van der Waals surface area (Å²) < 4.78 is 13.2. The van der Waals surface area contributed by atoms with Crippen molar-refractivity contribution in [2.24, 2.45) is 0 Å². The smallest absolute Gasteiger partial charge is 0.224 e. The van der Waals surface area contributed by atoms with E-state index in [2.05, 4.69) is 30.4 Å². The van der Waals surface area contributed by atoms with Gasteiger partial charge in [0.1, 0.15) is 0 Å². The van der Waals surface area contributed by atoms with Gasteiger partial charge in [-0.3, -0.25) is 4.79 Å². The fourth-order valence-corrected chi connectivity index (χ4v) is 2.30. The van der Waals surface area contributed by atoms with Gasteiger partial charge in [0.25, 0.3) is 0 Å². The summed E-state index contributed by atoms with van der Waals surface area (Å²) in [4.78, 5) is 11.8. The van der Waals surface area contributed by atoms with Gasteiger partial charge in [0, 0.05) is 6.54 Å². The highest BCUT2D eigenvalue weighted by Gasteiger charge is 2.06. The summed E-state index contributed by atoms with van der Waals surface area (Å²) in [5, 5.41) is 11.9. The highest BCUT2D eigenvalue weighted by molar-refractivity contribution is 5.78. The first-order valence-electron chi connectivity index (χ1n) is 7.34. The van der Waals surface area contributed by atoms with Gasteiger partial charge in [-0.2, -0.15) is 0 Å². The zero-order chi connectivity index (χ0) is 15.9. The summed E-state index contributed by atoms with van der Waals surface area (Å²) in [7, 11) is 0. The number of aryl methyl sites for hydroxylation is 2. The molecular formula is C18H20FNO2. The Balaban J connectivity index is 1.72. The molecular weight excluding hydrogens is 281 g/mol. The molecule has 0 saturated carbocycles. The second kappa shape index (κ2) is 7.59. The number of amides is 1. The molecule has 1 amide bonds. The average molecular weight is 301 g/mol. The summed E-state index contributed by atoms with van der Waals surface area (Å²) in [6.07, 6.45) is 1.89. The van der Waals surface area contributed by atoms with E-state index in [-0.39, 0.29) is 12.3 Å². The van der Waals surface area contributed by atoms with Crippen molar-refractivity contribution >= 4 is 5.91 Å². The molecule has 2 aromatic carbocycles. The predicted molar refractivity (Wildman–Crippen MR) is 84.3 cm³/mol. The summed E-state index contributed by atoms with van der Waals surface area (Å²) in [5.74, 6) is -1.25. The lowest BCUT2D eigenvalue weighted by Crippen LogP contribution is -2.26. The van der Waals surface area contributed by atoms with E-state index in [4.69, 9.17) is 5.11 Å².